The number of hydrogen-bond donors (Lipinski definition) is 2. The molecule has 0 spiro atoms. The van der Waals surface area contributed by atoms with Crippen LogP contribution in [0.25, 0.3) is 0 Å². The van der Waals surface area contributed by atoms with E-state index in [2.05, 4.69) is 10.6 Å². The van der Waals surface area contributed by atoms with E-state index in [4.69, 9.17) is 4.74 Å². The van der Waals surface area contributed by atoms with Gasteiger partial charge >= 0.3 is 0 Å². The molecule has 0 aromatic heterocycles. The van der Waals surface area contributed by atoms with E-state index in [1.165, 1.54) is 13.1 Å². The van der Waals surface area contributed by atoms with Crippen molar-refractivity contribution in [3.63, 3.8) is 0 Å². The van der Waals surface area contributed by atoms with Gasteiger partial charge in [0.2, 0.25) is 15.9 Å². The molecule has 9 heteroatoms. The molecule has 1 aliphatic rings. The van der Waals surface area contributed by atoms with Crippen LogP contribution in [0.2, 0.25) is 0 Å². The van der Waals surface area contributed by atoms with Gasteiger partial charge < -0.3 is 15.4 Å². The first-order valence-corrected chi connectivity index (χ1v) is 11.1. The average Bonchev–Trinajstić information content (AvgIpc) is 2.72. The van der Waals surface area contributed by atoms with Gasteiger partial charge in [0.15, 0.2) is 6.10 Å². The molecule has 0 radical (unpaired) electrons. The quantitative estimate of drug-likeness (QED) is 0.698. The Morgan fingerprint density at radius 1 is 1.23 bits per heavy atom. The molecule has 3 rings (SSSR count). The zero-order valence-corrected chi connectivity index (χ0v) is 18.0. The summed E-state index contributed by atoms with van der Waals surface area (Å²) in [5.41, 5.74) is 1.81. The molecule has 0 unspecified atom stereocenters. The fraction of sp³-hybridized carbons (Fsp3) is 0.333. The summed E-state index contributed by atoms with van der Waals surface area (Å²) in [7, 11) is -2.58. The normalized spacial score (nSPS) is 15.9. The molecule has 2 aromatic carbocycles. The number of aryl methyl sites for hydroxylation is 1. The number of fused-ring (bicyclic) bond motifs is 1. The smallest absolute Gasteiger partial charge is 0.265 e. The van der Waals surface area contributed by atoms with Crippen LogP contribution in [0.5, 0.6) is 5.75 Å². The number of likely N-dealkylation sites (N-methyl/N-ethyl adjacent to an activating group) is 1. The topological polar surface area (TPSA) is 105 Å². The van der Waals surface area contributed by atoms with Crippen molar-refractivity contribution in [2.75, 3.05) is 18.9 Å². The van der Waals surface area contributed by atoms with Gasteiger partial charge in [0.25, 0.3) is 5.91 Å². The summed E-state index contributed by atoms with van der Waals surface area (Å²) in [5.74, 6) is -0.366. The van der Waals surface area contributed by atoms with Crippen LogP contribution < -0.4 is 15.4 Å². The summed E-state index contributed by atoms with van der Waals surface area (Å²) < 4.78 is 32.8. The van der Waals surface area contributed by atoms with E-state index in [-0.39, 0.29) is 17.3 Å². The third-order valence-corrected chi connectivity index (χ3v) is 6.80. The van der Waals surface area contributed by atoms with Crippen LogP contribution in [0.15, 0.2) is 47.4 Å². The summed E-state index contributed by atoms with van der Waals surface area (Å²) in [4.78, 5) is 24.3. The molecular weight excluding hydrogens is 406 g/mol. The lowest BCUT2D eigenvalue weighted by molar-refractivity contribution is -0.123. The van der Waals surface area contributed by atoms with Gasteiger partial charge in [-0.1, -0.05) is 37.3 Å². The number of amides is 2. The molecule has 0 saturated carbocycles. The Morgan fingerprint density at radius 3 is 2.60 bits per heavy atom. The van der Waals surface area contributed by atoms with E-state index in [0.29, 0.717) is 30.0 Å². The first-order chi connectivity index (χ1) is 14.2. The first kappa shape index (κ1) is 21.8. The third kappa shape index (κ3) is 4.63. The molecule has 30 heavy (non-hydrogen) atoms. The Bertz CT molecular complexity index is 1050. The van der Waals surface area contributed by atoms with Crippen LogP contribution in [0.3, 0.4) is 0 Å². The van der Waals surface area contributed by atoms with Crippen molar-refractivity contribution in [1.29, 1.82) is 0 Å². The number of benzene rings is 2. The minimum absolute atomic E-state index is 0.0330. The predicted molar refractivity (Wildman–Crippen MR) is 113 cm³/mol. The van der Waals surface area contributed by atoms with Gasteiger partial charge in [0, 0.05) is 19.7 Å². The van der Waals surface area contributed by atoms with Crippen LogP contribution in [0.4, 0.5) is 5.69 Å². The predicted octanol–water partition coefficient (Wildman–Crippen LogP) is 2.04. The van der Waals surface area contributed by atoms with Gasteiger partial charge in [-0.3, -0.25) is 9.59 Å². The molecule has 1 heterocycles. The lowest BCUT2D eigenvalue weighted by atomic mass is 10.1. The maximum absolute atomic E-state index is 13.1. The third-order valence-electron chi connectivity index (χ3n) is 4.85. The van der Waals surface area contributed by atoms with Crippen molar-refractivity contribution in [2.45, 2.75) is 37.8 Å². The monoisotopic (exact) mass is 431 g/mol. The number of rotatable bonds is 7. The molecular formula is C21H25N3O5S. The minimum Gasteiger partial charge on any atom is -0.478 e. The van der Waals surface area contributed by atoms with E-state index in [1.807, 2.05) is 37.3 Å². The Morgan fingerprint density at radius 2 is 1.93 bits per heavy atom. The molecule has 2 N–H and O–H groups in total. The van der Waals surface area contributed by atoms with Crippen molar-refractivity contribution in [2.24, 2.45) is 0 Å². The highest BCUT2D eigenvalue weighted by molar-refractivity contribution is 7.89. The van der Waals surface area contributed by atoms with Crippen LogP contribution in [0, 0.1) is 6.92 Å². The number of carbonyl (C=O) groups is 2. The fourth-order valence-electron chi connectivity index (χ4n) is 3.14. The summed E-state index contributed by atoms with van der Waals surface area (Å²) in [6.07, 6.45) is -0.208. The highest BCUT2D eigenvalue weighted by atomic mass is 32.2. The SMILES string of the molecule is CC[C@H]1Oc2cc(S(=O)(=O)N(C)CC(=O)NCc3ccccc3)c(C)cc2NC1=O. The van der Waals surface area contributed by atoms with Crippen LogP contribution in [-0.4, -0.2) is 44.2 Å². The van der Waals surface area contributed by atoms with E-state index in [1.54, 1.807) is 13.0 Å². The molecule has 2 amide bonds. The Hall–Kier alpha value is -2.91. The lowest BCUT2D eigenvalue weighted by Gasteiger charge is -2.27. The largest absolute Gasteiger partial charge is 0.478 e. The van der Waals surface area contributed by atoms with Crippen molar-refractivity contribution in [3.05, 3.63) is 53.6 Å². The maximum Gasteiger partial charge on any atom is 0.265 e. The number of nitrogens with one attached hydrogen (secondary N) is 2. The first-order valence-electron chi connectivity index (χ1n) is 9.61. The van der Waals surface area contributed by atoms with Gasteiger partial charge in [-0.15, -0.1) is 0 Å². The molecule has 2 aromatic rings. The standard InChI is InChI=1S/C21H25N3O5S/c1-4-17-21(26)23-16-10-14(2)19(11-18(16)29-17)30(27,28)24(3)13-20(25)22-12-15-8-6-5-7-9-15/h5-11,17H,4,12-13H2,1-3H3,(H,22,25)(H,23,26)/t17-/m1/s1. The molecule has 0 bridgehead atoms. The number of sulfonamides is 1. The Balaban J connectivity index is 1.74. The van der Waals surface area contributed by atoms with E-state index in [0.717, 1.165) is 9.87 Å². The van der Waals surface area contributed by atoms with Crippen molar-refractivity contribution < 1.29 is 22.7 Å². The molecule has 1 atom stereocenters. The summed E-state index contributed by atoms with van der Waals surface area (Å²) in [5, 5.41) is 5.46. The highest BCUT2D eigenvalue weighted by Crippen LogP contribution is 2.35. The molecule has 160 valence electrons. The van der Waals surface area contributed by atoms with Crippen molar-refractivity contribution >= 4 is 27.5 Å². The number of nitrogens with zero attached hydrogens (tertiary/aromatic N) is 1. The summed E-state index contributed by atoms with van der Waals surface area (Å²) in [6.45, 7) is 3.44. The Kier molecular flexibility index (Phi) is 6.42. The van der Waals surface area contributed by atoms with Gasteiger partial charge in [-0.25, -0.2) is 8.42 Å². The minimum atomic E-state index is -3.94. The maximum atomic E-state index is 13.1. The zero-order chi connectivity index (χ0) is 21.9. The van der Waals surface area contributed by atoms with Gasteiger partial charge in [-0.2, -0.15) is 4.31 Å². The van der Waals surface area contributed by atoms with Gasteiger partial charge in [0.05, 0.1) is 17.1 Å². The number of anilines is 1. The number of ether oxygens (including phenoxy) is 1. The van der Waals surface area contributed by atoms with Crippen LogP contribution >= 0.6 is 0 Å². The molecule has 0 saturated heterocycles. The second-order valence-corrected chi connectivity index (χ2v) is 9.15. The molecule has 1 aliphatic heterocycles. The van der Waals surface area contributed by atoms with Crippen molar-refractivity contribution in [3.8, 4) is 5.75 Å². The van der Waals surface area contributed by atoms with E-state index < -0.39 is 22.0 Å². The average molecular weight is 432 g/mol. The van der Waals surface area contributed by atoms with Gasteiger partial charge in [0.1, 0.15) is 5.75 Å². The van der Waals surface area contributed by atoms with Crippen molar-refractivity contribution in [1.82, 2.24) is 9.62 Å². The number of hydrogen-bond acceptors (Lipinski definition) is 5. The molecule has 0 aliphatic carbocycles. The fourth-order valence-corrected chi connectivity index (χ4v) is 4.48. The van der Waals surface area contributed by atoms with Crippen LogP contribution in [-0.2, 0) is 26.2 Å². The molecule has 8 nitrogen and oxygen atoms in total. The zero-order valence-electron chi connectivity index (χ0n) is 17.1. The number of carbonyl (C=O) groups excluding carboxylic acids is 2. The molecule has 0 fully saturated rings. The summed E-state index contributed by atoms with van der Waals surface area (Å²) >= 11 is 0. The lowest BCUT2D eigenvalue weighted by Crippen LogP contribution is -2.39. The van der Waals surface area contributed by atoms with Crippen LogP contribution in [0.1, 0.15) is 24.5 Å². The van der Waals surface area contributed by atoms with E-state index >= 15 is 0 Å². The summed E-state index contributed by atoms with van der Waals surface area (Å²) in [6, 6.07) is 12.3. The second kappa shape index (κ2) is 8.85. The van der Waals surface area contributed by atoms with E-state index in [9.17, 15) is 18.0 Å². The van der Waals surface area contributed by atoms with Gasteiger partial charge in [-0.05, 0) is 30.5 Å². The highest BCUT2D eigenvalue weighted by Gasteiger charge is 2.31. The second-order valence-electron chi connectivity index (χ2n) is 7.14. The Labute approximate surface area is 176 Å².